The highest BCUT2D eigenvalue weighted by molar-refractivity contribution is 6.00. The molecule has 0 N–H and O–H groups in total. The summed E-state index contributed by atoms with van der Waals surface area (Å²) in [5.41, 5.74) is 5.83. The van der Waals surface area contributed by atoms with E-state index in [1.807, 2.05) is 56.3 Å². The van der Waals surface area contributed by atoms with Crippen molar-refractivity contribution in [1.82, 2.24) is 4.98 Å². The molecule has 5 heterocycles. The molecule has 0 fully saturated rings. The van der Waals surface area contributed by atoms with Crippen molar-refractivity contribution in [3.8, 4) is 11.5 Å². The van der Waals surface area contributed by atoms with Crippen molar-refractivity contribution < 1.29 is 9.47 Å². The normalized spacial score (nSPS) is 15.0. The lowest BCUT2D eigenvalue weighted by atomic mass is 10.2. The van der Waals surface area contributed by atoms with Gasteiger partial charge in [-0.25, -0.2) is 4.98 Å². The molecule has 158 valence electrons. The average molecular weight is 414 g/mol. The van der Waals surface area contributed by atoms with Crippen LogP contribution in [0.5, 0.6) is 11.5 Å². The number of pyridine rings is 1. The highest BCUT2D eigenvalue weighted by Gasteiger charge is 2.05. The van der Waals surface area contributed by atoms with Crippen molar-refractivity contribution in [2.45, 2.75) is 33.4 Å². The lowest BCUT2D eigenvalue weighted by Crippen LogP contribution is -2.06. The first-order valence-corrected chi connectivity index (χ1v) is 10.6. The minimum absolute atomic E-state index is 0.606. The van der Waals surface area contributed by atoms with Crippen molar-refractivity contribution in [1.29, 1.82) is 0 Å². The van der Waals surface area contributed by atoms with E-state index in [1.165, 1.54) is 0 Å². The molecule has 0 spiro atoms. The molecule has 4 aliphatic rings. The smallest absolute Gasteiger partial charge is 0.119 e. The van der Waals surface area contributed by atoms with E-state index in [-0.39, 0.29) is 0 Å². The summed E-state index contributed by atoms with van der Waals surface area (Å²) in [6.45, 7) is 6.44. The minimum Gasteiger partial charge on any atom is -0.493 e. The first-order valence-electron chi connectivity index (χ1n) is 10.6. The zero-order chi connectivity index (χ0) is 21.5. The molecule has 0 saturated heterocycles. The minimum atomic E-state index is 0.606. The molecule has 3 aromatic rings. The molecular weight excluding hydrogens is 386 g/mol. The molecule has 2 aromatic carbocycles. The SMILES string of the molecule is CC1=NCc2ccc(cc2)OCCCOc2ccc(cc2)CN=C(C)c2cccc1n2. The van der Waals surface area contributed by atoms with Crippen LogP contribution in [0, 0.1) is 0 Å². The lowest BCUT2D eigenvalue weighted by molar-refractivity contribution is 0.247. The Morgan fingerprint density at radius 2 is 1.06 bits per heavy atom. The van der Waals surface area contributed by atoms with Gasteiger partial charge in [0.2, 0.25) is 0 Å². The summed E-state index contributed by atoms with van der Waals surface area (Å²) in [6.07, 6.45) is 0.821. The Labute approximate surface area is 183 Å². The van der Waals surface area contributed by atoms with Gasteiger partial charge >= 0.3 is 0 Å². The van der Waals surface area contributed by atoms with Crippen LogP contribution in [-0.4, -0.2) is 29.6 Å². The van der Waals surface area contributed by atoms with E-state index in [9.17, 15) is 0 Å². The van der Waals surface area contributed by atoms with E-state index in [1.54, 1.807) is 0 Å². The second kappa shape index (κ2) is 10.0. The molecule has 6 bridgehead atoms. The Bertz CT molecular complexity index is 988. The second-order valence-electron chi connectivity index (χ2n) is 7.55. The summed E-state index contributed by atoms with van der Waals surface area (Å²) in [4.78, 5) is 14.2. The van der Waals surface area contributed by atoms with Gasteiger partial charge in [-0.2, -0.15) is 0 Å². The standard InChI is InChI=1S/C26H27N3O2/c1-19-25-5-3-6-26(29-25)20(2)28-18-22-9-13-24(14-10-22)31-16-4-15-30-23-11-7-21(8-12-23)17-27-19/h3,5-14H,4,15-18H2,1-2H3. The molecule has 1 aromatic heterocycles. The largest absolute Gasteiger partial charge is 0.493 e. The van der Waals surface area contributed by atoms with Gasteiger partial charge in [-0.3, -0.25) is 9.98 Å². The van der Waals surface area contributed by atoms with Crippen LogP contribution in [0.1, 0.15) is 42.8 Å². The number of hydrogen-bond acceptors (Lipinski definition) is 5. The Morgan fingerprint density at radius 1 is 0.613 bits per heavy atom. The van der Waals surface area contributed by atoms with Crippen LogP contribution in [-0.2, 0) is 13.1 Å². The van der Waals surface area contributed by atoms with E-state index in [0.29, 0.717) is 26.3 Å². The molecule has 0 amide bonds. The van der Waals surface area contributed by atoms with Gasteiger partial charge in [-0.15, -0.1) is 0 Å². The van der Waals surface area contributed by atoms with Crippen LogP contribution in [0.2, 0.25) is 0 Å². The maximum absolute atomic E-state index is 5.82. The highest BCUT2D eigenvalue weighted by atomic mass is 16.5. The summed E-state index contributed by atoms with van der Waals surface area (Å²) in [7, 11) is 0. The Morgan fingerprint density at radius 3 is 1.52 bits per heavy atom. The first-order chi connectivity index (χ1) is 15.2. The number of ether oxygens (including phenoxy) is 2. The summed E-state index contributed by atoms with van der Waals surface area (Å²) in [6, 6.07) is 22.2. The van der Waals surface area contributed by atoms with E-state index in [0.717, 1.165) is 51.9 Å². The van der Waals surface area contributed by atoms with Crippen LogP contribution in [0.4, 0.5) is 0 Å². The van der Waals surface area contributed by atoms with Crippen LogP contribution < -0.4 is 9.47 Å². The van der Waals surface area contributed by atoms with Crippen LogP contribution in [0.15, 0.2) is 76.7 Å². The van der Waals surface area contributed by atoms with Crippen LogP contribution >= 0.6 is 0 Å². The lowest BCUT2D eigenvalue weighted by Gasteiger charge is -2.09. The number of benzene rings is 2. The fourth-order valence-corrected chi connectivity index (χ4v) is 3.24. The second-order valence-corrected chi connectivity index (χ2v) is 7.55. The number of aliphatic imine (C=N–C) groups is 2. The molecule has 0 unspecified atom stereocenters. The molecule has 7 rings (SSSR count). The zero-order valence-electron chi connectivity index (χ0n) is 18.0. The Hall–Kier alpha value is -3.47. The number of aromatic nitrogens is 1. The molecular formula is C26H27N3O2. The molecule has 4 aliphatic heterocycles. The predicted molar refractivity (Wildman–Crippen MR) is 125 cm³/mol. The molecule has 5 nitrogen and oxygen atoms in total. The molecule has 31 heavy (non-hydrogen) atoms. The van der Waals surface area contributed by atoms with Crippen molar-refractivity contribution in [2.75, 3.05) is 13.2 Å². The van der Waals surface area contributed by atoms with Gasteiger partial charge in [0.15, 0.2) is 0 Å². The molecule has 0 aliphatic carbocycles. The Kier molecular flexibility index (Phi) is 6.72. The molecule has 5 heteroatoms. The van der Waals surface area contributed by atoms with Crippen molar-refractivity contribution in [2.24, 2.45) is 9.98 Å². The molecule has 0 radical (unpaired) electrons. The molecule has 0 atom stereocenters. The van der Waals surface area contributed by atoms with E-state index < -0.39 is 0 Å². The summed E-state index contributed by atoms with van der Waals surface area (Å²) in [5, 5.41) is 0. The van der Waals surface area contributed by atoms with Gasteiger partial charge < -0.3 is 9.47 Å². The predicted octanol–water partition coefficient (Wildman–Crippen LogP) is 5.26. The van der Waals surface area contributed by atoms with E-state index >= 15 is 0 Å². The van der Waals surface area contributed by atoms with Gasteiger partial charge in [-0.05, 0) is 61.4 Å². The average Bonchev–Trinajstić information content (AvgIpc) is 2.82. The van der Waals surface area contributed by atoms with E-state index in [4.69, 9.17) is 24.4 Å². The summed E-state index contributed by atoms with van der Waals surface area (Å²) in [5.74, 6) is 1.72. The van der Waals surface area contributed by atoms with Gasteiger partial charge in [0.05, 0.1) is 49.1 Å². The monoisotopic (exact) mass is 413 g/mol. The fraction of sp³-hybridized carbons (Fsp3) is 0.269. The maximum Gasteiger partial charge on any atom is 0.119 e. The van der Waals surface area contributed by atoms with Gasteiger partial charge in [0, 0.05) is 6.42 Å². The maximum atomic E-state index is 5.82. The third-order valence-electron chi connectivity index (χ3n) is 5.16. The van der Waals surface area contributed by atoms with Crippen LogP contribution in [0.25, 0.3) is 0 Å². The van der Waals surface area contributed by atoms with E-state index in [2.05, 4.69) is 24.3 Å². The quantitative estimate of drug-likeness (QED) is 0.505. The fourth-order valence-electron chi connectivity index (χ4n) is 3.24. The molecule has 0 saturated carbocycles. The number of hydrogen-bond donors (Lipinski definition) is 0. The Balaban J connectivity index is 1.60. The van der Waals surface area contributed by atoms with Gasteiger partial charge in [-0.1, -0.05) is 30.3 Å². The van der Waals surface area contributed by atoms with Crippen molar-refractivity contribution in [3.63, 3.8) is 0 Å². The first kappa shape index (κ1) is 20.8. The third kappa shape index (κ3) is 5.79. The highest BCUT2D eigenvalue weighted by Crippen LogP contribution is 2.16. The number of nitrogens with zero attached hydrogens (tertiary/aromatic N) is 3. The van der Waals surface area contributed by atoms with Crippen molar-refractivity contribution >= 4 is 11.4 Å². The van der Waals surface area contributed by atoms with Crippen LogP contribution in [0.3, 0.4) is 0 Å². The third-order valence-corrected chi connectivity index (χ3v) is 5.16. The zero-order valence-corrected chi connectivity index (χ0v) is 18.0. The van der Waals surface area contributed by atoms with Gasteiger partial charge in [0.1, 0.15) is 11.5 Å². The summed E-state index contributed by atoms with van der Waals surface area (Å²) >= 11 is 0. The van der Waals surface area contributed by atoms with Crippen molar-refractivity contribution in [3.05, 3.63) is 89.2 Å². The van der Waals surface area contributed by atoms with Gasteiger partial charge in [0.25, 0.3) is 0 Å². The number of rotatable bonds is 0. The topological polar surface area (TPSA) is 56.1 Å². The summed E-state index contributed by atoms with van der Waals surface area (Å²) < 4.78 is 11.6.